The molecule has 0 spiro atoms. The fourth-order valence-electron chi connectivity index (χ4n) is 3.11. The van der Waals surface area contributed by atoms with E-state index >= 15 is 0 Å². The Hall–Kier alpha value is -2.66. The zero-order chi connectivity index (χ0) is 19.8. The quantitative estimate of drug-likeness (QED) is 0.651. The molecule has 2 aromatic heterocycles. The first-order chi connectivity index (χ1) is 12.7. The van der Waals surface area contributed by atoms with Gasteiger partial charge < -0.3 is 9.72 Å². The number of ether oxygens (including phenoxy) is 1. The summed E-state index contributed by atoms with van der Waals surface area (Å²) >= 11 is 1.42. The number of methoxy groups -OCH3 is 1. The Balaban J connectivity index is 2.33. The molecule has 0 saturated carbocycles. The summed E-state index contributed by atoms with van der Waals surface area (Å²) in [5, 5.41) is 1.91. The van der Waals surface area contributed by atoms with Crippen molar-refractivity contribution in [1.29, 1.82) is 0 Å². The number of H-pyrrole nitrogens is 1. The van der Waals surface area contributed by atoms with Crippen molar-refractivity contribution in [3.8, 4) is 16.9 Å². The second-order valence-electron chi connectivity index (χ2n) is 7.53. The molecule has 0 radical (unpaired) electrons. The third kappa shape index (κ3) is 3.60. The molecule has 4 nitrogen and oxygen atoms in total. The lowest BCUT2D eigenvalue weighted by atomic mass is 9.82. The second-order valence-corrected chi connectivity index (χ2v) is 8.45. The van der Waals surface area contributed by atoms with Gasteiger partial charge in [-0.3, -0.25) is 9.59 Å². The summed E-state index contributed by atoms with van der Waals surface area (Å²) in [5.74, 6) is 0.482. The number of aromatic amines is 1. The van der Waals surface area contributed by atoms with Crippen LogP contribution in [-0.4, -0.2) is 17.9 Å². The van der Waals surface area contributed by atoms with Gasteiger partial charge in [0.25, 0.3) is 5.56 Å². The first kappa shape index (κ1) is 19.1. The molecule has 0 amide bonds. The van der Waals surface area contributed by atoms with Crippen LogP contribution >= 0.6 is 11.3 Å². The van der Waals surface area contributed by atoms with Crippen LogP contribution in [0.5, 0.6) is 5.75 Å². The molecule has 27 heavy (non-hydrogen) atoms. The van der Waals surface area contributed by atoms with Gasteiger partial charge in [-0.05, 0) is 59.2 Å². The number of thiophene rings is 1. The highest BCUT2D eigenvalue weighted by atomic mass is 32.1. The second kappa shape index (κ2) is 7.16. The van der Waals surface area contributed by atoms with Crippen LogP contribution in [0, 0.1) is 6.92 Å². The van der Waals surface area contributed by atoms with Crippen LogP contribution < -0.4 is 10.3 Å². The van der Waals surface area contributed by atoms with E-state index in [4.69, 9.17) is 4.74 Å². The maximum Gasteiger partial charge on any atom is 0.255 e. The number of aromatic nitrogens is 1. The summed E-state index contributed by atoms with van der Waals surface area (Å²) < 4.78 is 5.68. The van der Waals surface area contributed by atoms with Gasteiger partial charge in [0, 0.05) is 17.3 Å². The van der Waals surface area contributed by atoms with Gasteiger partial charge in [-0.25, -0.2) is 0 Å². The lowest BCUT2D eigenvalue weighted by Gasteiger charge is -2.25. The number of hydrogen-bond acceptors (Lipinski definition) is 4. The van der Waals surface area contributed by atoms with Gasteiger partial charge in [0.2, 0.25) is 5.78 Å². The number of carbonyl (C=O) groups excluding carboxylic acids is 1. The largest absolute Gasteiger partial charge is 0.496 e. The standard InChI is InChI=1S/C22H23NO3S/c1-13-8-10-27-20(13)18(24)16-11-14(15-7-6-9-23-21(15)25)12-17(19(16)26-5)22(2,3)4/h6-12H,1-5H3,(H,23,25). The summed E-state index contributed by atoms with van der Waals surface area (Å²) in [7, 11) is 1.58. The number of carbonyl (C=O) groups is 1. The molecular weight excluding hydrogens is 358 g/mol. The summed E-state index contributed by atoms with van der Waals surface area (Å²) in [6.07, 6.45) is 1.60. The molecule has 0 aliphatic rings. The van der Waals surface area contributed by atoms with E-state index in [2.05, 4.69) is 25.8 Å². The van der Waals surface area contributed by atoms with E-state index in [-0.39, 0.29) is 16.8 Å². The Bertz CT molecular complexity index is 1050. The summed E-state index contributed by atoms with van der Waals surface area (Å²) in [6.45, 7) is 8.12. The number of ketones is 1. The van der Waals surface area contributed by atoms with Crippen molar-refractivity contribution in [2.75, 3.05) is 7.11 Å². The van der Waals surface area contributed by atoms with Gasteiger partial charge in [-0.2, -0.15) is 0 Å². The number of hydrogen-bond donors (Lipinski definition) is 1. The van der Waals surface area contributed by atoms with Crippen LogP contribution in [0.15, 0.2) is 46.7 Å². The SMILES string of the molecule is COc1c(C(=O)c2sccc2C)cc(-c2ccc[nH]c2=O)cc1C(C)(C)C. The molecular formula is C22H23NO3S. The summed E-state index contributed by atoms with van der Waals surface area (Å²) in [5.41, 5.74) is 3.10. The topological polar surface area (TPSA) is 59.2 Å². The van der Waals surface area contributed by atoms with Gasteiger partial charge in [0.1, 0.15) is 5.75 Å². The van der Waals surface area contributed by atoms with Crippen molar-refractivity contribution in [1.82, 2.24) is 4.98 Å². The van der Waals surface area contributed by atoms with E-state index < -0.39 is 0 Å². The van der Waals surface area contributed by atoms with E-state index in [9.17, 15) is 9.59 Å². The monoisotopic (exact) mass is 381 g/mol. The Kier molecular flexibility index (Phi) is 5.07. The van der Waals surface area contributed by atoms with Crippen LogP contribution in [0.3, 0.4) is 0 Å². The van der Waals surface area contributed by atoms with E-state index in [1.54, 1.807) is 31.5 Å². The van der Waals surface area contributed by atoms with E-state index in [0.717, 1.165) is 11.1 Å². The van der Waals surface area contributed by atoms with Gasteiger partial charge in [-0.15, -0.1) is 11.3 Å². The zero-order valence-electron chi connectivity index (χ0n) is 16.2. The van der Waals surface area contributed by atoms with Gasteiger partial charge in [0.05, 0.1) is 17.6 Å². The van der Waals surface area contributed by atoms with E-state index in [1.165, 1.54) is 11.3 Å². The normalized spacial score (nSPS) is 11.4. The number of benzene rings is 1. The fourth-order valence-corrected chi connectivity index (χ4v) is 3.99. The molecule has 2 heterocycles. The van der Waals surface area contributed by atoms with Crippen LogP contribution in [-0.2, 0) is 5.41 Å². The highest BCUT2D eigenvalue weighted by molar-refractivity contribution is 7.12. The molecule has 5 heteroatoms. The third-order valence-corrected chi connectivity index (χ3v) is 5.56. The first-order valence-corrected chi connectivity index (χ1v) is 9.61. The summed E-state index contributed by atoms with van der Waals surface area (Å²) in [4.78, 5) is 29.0. The predicted octanol–water partition coefficient (Wildman–Crippen LogP) is 4.95. The van der Waals surface area contributed by atoms with Crippen molar-refractivity contribution < 1.29 is 9.53 Å². The molecule has 140 valence electrons. The Labute approximate surface area is 162 Å². The van der Waals surface area contributed by atoms with Crippen LogP contribution in [0.25, 0.3) is 11.1 Å². The first-order valence-electron chi connectivity index (χ1n) is 8.73. The molecule has 0 aliphatic carbocycles. The molecule has 0 atom stereocenters. The molecule has 3 rings (SSSR count). The van der Waals surface area contributed by atoms with Crippen molar-refractivity contribution in [2.45, 2.75) is 33.1 Å². The Morgan fingerprint density at radius 1 is 1.19 bits per heavy atom. The molecule has 0 unspecified atom stereocenters. The average Bonchev–Trinajstić information content (AvgIpc) is 3.05. The molecule has 3 aromatic rings. The lowest BCUT2D eigenvalue weighted by Crippen LogP contribution is -2.17. The summed E-state index contributed by atoms with van der Waals surface area (Å²) in [6, 6.07) is 9.18. The van der Waals surface area contributed by atoms with E-state index in [1.807, 2.05) is 24.4 Å². The zero-order valence-corrected chi connectivity index (χ0v) is 17.0. The maximum atomic E-state index is 13.3. The van der Waals surface area contributed by atoms with Crippen LogP contribution in [0.1, 0.15) is 47.1 Å². The van der Waals surface area contributed by atoms with Gasteiger partial charge >= 0.3 is 0 Å². The number of nitrogens with one attached hydrogen (secondary N) is 1. The van der Waals surface area contributed by atoms with E-state index in [0.29, 0.717) is 27.3 Å². The molecule has 0 aliphatic heterocycles. The highest BCUT2D eigenvalue weighted by Gasteiger charge is 2.27. The van der Waals surface area contributed by atoms with Gasteiger partial charge in [-0.1, -0.05) is 20.8 Å². The van der Waals surface area contributed by atoms with Gasteiger partial charge in [0.15, 0.2) is 0 Å². The minimum atomic E-state index is -0.261. The minimum absolute atomic E-state index is 0.0842. The number of aryl methyl sites for hydroxylation is 1. The number of rotatable bonds is 4. The highest BCUT2D eigenvalue weighted by Crippen LogP contribution is 2.39. The van der Waals surface area contributed by atoms with Crippen molar-refractivity contribution in [3.63, 3.8) is 0 Å². The smallest absolute Gasteiger partial charge is 0.255 e. The molecule has 1 aromatic carbocycles. The average molecular weight is 381 g/mol. The van der Waals surface area contributed by atoms with Crippen LogP contribution in [0.4, 0.5) is 0 Å². The Morgan fingerprint density at radius 3 is 2.48 bits per heavy atom. The number of pyridine rings is 1. The van der Waals surface area contributed by atoms with Crippen LogP contribution in [0.2, 0.25) is 0 Å². The maximum absolute atomic E-state index is 13.3. The molecule has 1 N–H and O–H groups in total. The van der Waals surface area contributed by atoms with Crippen molar-refractivity contribution in [3.05, 3.63) is 73.8 Å². The van der Waals surface area contributed by atoms with Crippen molar-refractivity contribution >= 4 is 17.1 Å². The fraction of sp³-hybridized carbons (Fsp3) is 0.273. The lowest BCUT2D eigenvalue weighted by molar-refractivity contribution is 0.103. The van der Waals surface area contributed by atoms with Crippen molar-refractivity contribution in [2.24, 2.45) is 0 Å². The molecule has 0 bridgehead atoms. The molecule has 0 saturated heterocycles. The third-order valence-electron chi connectivity index (χ3n) is 4.54. The predicted molar refractivity (Wildman–Crippen MR) is 110 cm³/mol. The molecule has 0 fully saturated rings. The Morgan fingerprint density at radius 2 is 1.93 bits per heavy atom. The minimum Gasteiger partial charge on any atom is -0.496 e.